The van der Waals surface area contributed by atoms with Crippen molar-refractivity contribution >= 4 is 38.6 Å². The molecule has 2 aromatic heterocycles. The Labute approximate surface area is 134 Å². The molecule has 2 heterocycles. The van der Waals surface area contributed by atoms with E-state index in [9.17, 15) is 4.39 Å². The summed E-state index contributed by atoms with van der Waals surface area (Å²) in [7, 11) is 1.86. The lowest BCUT2D eigenvalue weighted by Gasteiger charge is -2.09. The smallest absolute Gasteiger partial charge is 0.139 e. The van der Waals surface area contributed by atoms with Gasteiger partial charge in [-0.1, -0.05) is 0 Å². The standard InChI is InChI=1S/C14H13BrClFN4/c1-8(16)14-18-12-5-10(15)11(17)6-13(12)21(14)7-9-3-4-20(2)19-9/h3-6,8H,7H2,1-2H3. The monoisotopic (exact) mass is 370 g/mol. The molecule has 21 heavy (non-hydrogen) atoms. The van der Waals surface area contributed by atoms with Gasteiger partial charge in [0.15, 0.2) is 0 Å². The number of hydrogen-bond acceptors (Lipinski definition) is 2. The fourth-order valence-electron chi connectivity index (χ4n) is 2.32. The van der Waals surface area contributed by atoms with Gasteiger partial charge in [0.05, 0.1) is 33.1 Å². The molecule has 0 fully saturated rings. The molecule has 1 unspecified atom stereocenters. The summed E-state index contributed by atoms with van der Waals surface area (Å²) in [6.45, 7) is 2.36. The van der Waals surface area contributed by atoms with E-state index < -0.39 is 0 Å². The zero-order valence-corrected chi connectivity index (χ0v) is 13.9. The number of aryl methyl sites for hydroxylation is 1. The van der Waals surface area contributed by atoms with E-state index in [1.54, 1.807) is 10.7 Å². The second-order valence-electron chi connectivity index (χ2n) is 4.91. The van der Waals surface area contributed by atoms with E-state index in [-0.39, 0.29) is 11.2 Å². The average Bonchev–Trinajstić information content (AvgIpc) is 2.96. The van der Waals surface area contributed by atoms with Crippen LogP contribution in [0.3, 0.4) is 0 Å². The molecule has 4 nitrogen and oxygen atoms in total. The summed E-state index contributed by atoms with van der Waals surface area (Å²) in [5.74, 6) is 0.383. The summed E-state index contributed by atoms with van der Waals surface area (Å²) < 4.78 is 17.9. The number of fused-ring (bicyclic) bond motifs is 1. The van der Waals surface area contributed by atoms with Crippen LogP contribution in [-0.4, -0.2) is 19.3 Å². The molecule has 3 aromatic rings. The summed E-state index contributed by atoms with van der Waals surface area (Å²) in [5.41, 5.74) is 2.30. The quantitative estimate of drug-likeness (QED) is 0.652. The highest BCUT2D eigenvalue weighted by molar-refractivity contribution is 9.10. The van der Waals surface area contributed by atoms with E-state index >= 15 is 0 Å². The van der Waals surface area contributed by atoms with Crippen molar-refractivity contribution in [3.05, 3.63) is 46.2 Å². The molecule has 0 saturated heterocycles. The molecule has 3 rings (SSSR count). The molecule has 7 heteroatoms. The number of halogens is 3. The topological polar surface area (TPSA) is 35.6 Å². The maximum absolute atomic E-state index is 13.8. The number of imidazole rings is 1. The van der Waals surface area contributed by atoms with Crippen molar-refractivity contribution in [2.75, 3.05) is 0 Å². The summed E-state index contributed by atoms with van der Waals surface area (Å²) >= 11 is 9.40. The van der Waals surface area contributed by atoms with E-state index in [0.717, 1.165) is 5.69 Å². The Morgan fingerprint density at radius 2 is 2.19 bits per heavy atom. The molecule has 0 aliphatic carbocycles. The van der Waals surface area contributed by atoms with Gasteiger partial charge in [0.2, 0.25) is 0 Å². The van der Waals surface area contributed by atoms with Crippen molar-refractivity contribution in [3.63, 3.8) is 0 Å². The maximum Gasteiger partial charge on any atom is 0.139 e. The first-order chi connectivity index (χ1) is 9.95. The van der Waals surface area contributed by atoms with Crippen LogP contribution in [-0.2, 0) is 13.6 Å². The minimum atomic E-state index is -0.321. The van der Waals surface area contributed by atoms with Crippen LogP contribution in [0, 0.1) is 5.82 Å². The molecule has 0 aliphatic heterocycles. The highest BCUT2D eigenvalue weighted by Gasteiger charge is 2.17. The zero-order valence-electron chi connectivity index (χ0n) is 11.5. The van der Waals surface area contributed by atoms with Crippen LogP contribution in [0.15, 0.2) is 28.9 Å². The fraction of sp³-hybridized carbons (Fsp3) is 0.286. The lowest BCUT2D eigenvalue weighted by atomic mass is 10.3. The SMILES string of the molecule is CC(Cl)c1nc2cc(Br)c(F)cc2n1Cc1ccn(C)n1. The van der Waals surface area contributed by atoms with Gasteiger partial charge in [-0.25, -0.2) is 9.37 Å². The predicted octanol–water partition coefficient (Wildman–Crippen LogP) is 4.02. The molecule has 1 atom stereocenters. The molecule has 0 amide bonds. The van der Waals surface area contributed by atoms with Crippen LogP contribution >= 0.6 is 27.5 Å². The minimum absolute atomic E-state index is 0.275. The third-order valence-electron chi connectivity index (χ3n) is 3.26. The molecule has 1 aromatic carbocycles. The molecule has 110 valence electrons. The fourth-order valence-corrected chi connectivity index (χ4v) is 2.82. The summed E-state index contributed by atoms with van der Waals surface area (Å²) in [6, 6.07) is 5.06. The molecule has 0 saturated carbocycles. The van der Waals surface area contributed by atoms with E-state index in [4.69, 9.17) is 11.6 Å². The number of hydrogen-bond donors (Lipinski definition) is 0. The average molecular weight is 372 g/mol. The van der Waals surface area contributed by atoms with E-state index in [2.05, 4.69) is 26.0 Å². The Morgan fingerprint density at radius 1 is 1.43 bits per heavy atom. The Morgan fingerprint density at radius 3 is 2.81 bits per heavy atom. The largest absolute Gasteiger partial charge is 0.320 e. The molecular formula is C14H13BrClFN4. The highest BCUT2D eigenvalue weighted by Crippen LogP contribution is 2.28. The third kappa shape index (κ3) is 2.70. The van der Waals surface area contributed by atoms with Crippen molar-refractivity contribution in [1.82, 2.24) is 19.3 Å². The van der Waals surface area contributed by atoms with E-state index in [1.807, 2.05) is 30.8 Å². The van der Waals surface area contributed by atoms with Gasteiger partial charge in [0.1, 0.15) is 11.6 Å². The Hall–Kier alpha value is -1.40. The first kappa shape index (κ1) is 14.5. The normalized spacial score (nSPS) is 13.0. The molecule has 0 aliphatic rings. The summed E-state index contributed by atoms with van der Waals surface area (Å²) in [5, 5.41) is 4.08. The van der Waals surface area contributed by atoms with Gasteiger partial charge in [-0.2, -0.15) is 5.10 Å². The van der Waals surface area contributed by atoms with Crippen molar-refractivity contribution in [1.29, 1.82) is 0 Å². The molecule has 0 N–H and O–H groups in total. The van der Waals surface area contributed by atoms with Crippen LogP contribution in [0.4, 0.5) is 4.39 Å². The number of nitrogens with zero attached hydrogens (tertiary/aromatic N) is 4. The van der Waals surface area contributed by atoms with Gasteiger partial charge >= 0.3 is 0 Å². The van der Waals surface area contributed by atoms with Crippen molar-refractivity contribution in [2.45, 2.75) is 18.8 Å². The lowest BCUT2D eigenvalue weighted by molar-refractivity contribution is 0.621. The highest BCUT2D eigenvalue weighted by atomic mass is 79.9. The van der Waals surface area contributed by atoms with Crippen LogP contribution < -0.4 is 0 Å². The summed E-state index contributed by atoms with van der Waals surface area (Å²) in [4.78, 5) is 4.52. The van der Waals surface area contributed by atoms with Crippen molar-refractivity contribution in [3.8, 4) is 0 Å². The molecule has 0 radical (unpaired) electrons. The van der Waals surface area contributed by atoms with Crippen LogP contribution in [0.5, 0.6) is 0 Å². The minimum Gasteiger partial charge on any atom is -0.320 e. The zero-order chi connectivity index (χ0) is 15.1. The number of alkyl halides is 1. The van der Waals surface area contributed by atoms with Gasteiger partial charge in [-0.15, -0.1) is 11.6 Å². The second-order valence-corrected chi connectivity index (χ2v) is 6.42. The first-order valence-electron chi connectivity index (χ1n) is 6.43. The van der Waals surface area contributed by atoms with Crippen LogP contribution in [0.25, 0.3) is 11.0 Å². The first-order valence-corrected chi connectivity index (χ1v) is 7.66. The number of rotatable bonds is 3. The van der Waals surface area contributed by atoms with Gasteiger partial charge in [0, 0.05) is 19.3 Å². The molecule has 0 spiro atoms. The Kier molecular flexibility index (Phi) is 3.75. The van der Waals surface area contributed by atoms with Crippen LogP contribution in [0.2, 0.25) is 0 Å². The Bertz CT molecular complexity index is 809. The maximum atomic E-state index is 13.8. The van der Waals surface area contributed by atoms with E-state index in [0.29, 0.717) is 27.9 Å². The Balaban J connectivity index is 2.17. The lowest BCUT2D eigenvalue weighted by Crippen LogP contribution is -2.07. The summed E-state index contributed by atoms with van der Waals surface area (Å²) in [6.07, 6.45) is 1.87. The predicted molar refractivity (Wildman–Crippen MR) is 84.0 cm³/mol. The van der Waals surface area contributed by atoms with Crippen LogP contribution in [0.1, 0.15) is 23.8 Å². The molecular weight excluding hydrogens is 359 g/mol. The number of aromatic nitrogens is 4. The third-order valence-corrected chi connectivity index (χ3v) is 4.07. The van der Waals surface area contributed by atoms with Gasteiger partial charge in [-0.3, -0.25) is 4.68 Å². The van der Waals surface area contributed by atoms with Crippen molar-refractivity contribution in [2.24, 2.45) is 7.05 Å². The van der Waals surface area contributed by atoms with E-state index in [1.165, 1.54) is 6.07 Å². The van der Waals surface area contributed by atoms with Crippen molar-refractivity contribution < 1.29 is 4.39 Å². The van der Waals surface area contributed by atoms with Gasteiger partial charge in [0.25, 0.3) is 0 Å². The molecule has 0 bridgehead atoms. The number of benzene rings is 1. The van der Waals surface area contributed by atoms with Gasteiger partial charge < -0.3 is 4.57 Å². The second kappa shape index (κ2) is 5.42. The van der Waals surface area contributed by atoms with Gasteiger partial charge in [-0.05, 0) is 35.0 Å².